The van der Waals surface area contributed by atoms with E-state index in [1.807, 2.05) is 26.8 Å². The molecule has 0 saturated carbocycles. The Morgan fingerprint density at radius 1 is 1.31 bits per heavy atom. The zero-order valence-corrected chi connectivity index (χ0v) is 18.9. The van der Waals surface area contributed by atoms with Crippen LogP contribution in [0.4, 0.5) is 19.7 Å². The summed E-state index contributed by atoms with van der Waals surface area (Å²) in [6.45, 7) is 8.15. The molecule has 2 aliphatic heterocycles. The number of ether oxygens (including phenoxy) is 2. The smallest absolute Gasteiger partial charge is 0.414 e. The molecule has 0 aliphatic carbocycles. The first kappa shape index (κ1) is 23.6. The molecule has 1 atom stereocenters. The molecule has 0 radical (unpaired) electrons. The van der Waals surface area contributed by atoms with Crippen LogP contribution in [0.3, 0.4) is 0 Å². The predicted octanol–water partition coefficient (Wildman–Crippen LogP) is 3.70. The minimum absolute atomic E-state index is 0.208. The molecular weight excluding hydrogens is 417 g/mol. The quantitative estimate of drug-likeness (QED) is 0.760. The van der Waals surface area contributed by atoms with Gasteiger partial charge >= 0.3 is 12.2 Å². The number of allylic oxidation sites excluding steroid dienone is 1. The molecule has 1 aromatic carbocycles. The molecule has 0 aromatic heterocycles. The summed E-state index contributed by atoms with van der Waals surface area (Å²) in [6.07, 6.45) is 1.72. The molecule has 0 spiro atoms. The van der Waals surface area contributed by atoms with E-state index in [9.17, 15) is 18.8 Å². The predicted molar refractivity (Wildman–Crippen MR) is 118 cm³/mol. The number of amides is 3. The van der Waals surface area contributed by atoms with Gasteiger partial charge in [0.05, 0.1) is 18.8 Å². The van der Waals surface area contributed by atoms with Gasteiger partial charge in [0.1, 0.15) is 17.5 Å². The van der Waals surface area contributed by atoms with Crippen LogP contribution in [-0.4, -0.2) is 60.9 Å². The van der Waals surface area contributed by atoms with Crippen LogP contribution in [0.2, 0.25) is 0 Å². The Morgan fingerprint density at radius 2 is 2.06 bits per heavy atom. The van der Waals surface area contributed by atoms with E-state index in [1.165, 1.54) is 17.9 Å². The number of carbonyl (C=O) groups excluding carboxylic acids is 3. The van der Waals surface area contributed by atoms with E-state index in [4.69, 9.17) is 9.47 Å². The summed E-state index contributed by atoms with van der Waals surface area (Å²) in [6, 6.07) is 4.64. The average molecular weight is 448 g/mol. The van der Waals surface area contributed by atoms with Crippen LogP contribution >= 0.6 is 0 Å². The molecule has 32 heavy (non-hydrogen) atoms. The average Bonchev–Trinajstić information content (AvgIpc) is 2.90. The number of carbonyl (C=O) groups is 3. The summed E-state index contributed by atoms with van der Waals surface area (Å²) in [5, 5.41) is 2.61. The van der Waals surface area contributed by atoms with Crippen molar-refractivity contribution in [2.45, 2.75) is 52.2 Å². The highest BCUT2D eigenvalue weighted by Crippen LogP contribution is 2.30. The molecule has 2 aliphatic rings. The number of anilines is 1. The molecule has 8 nitrogen and oxygen atoms in total. The second-order valence-corrected chi connectivity index (χ2v) is 8.98. The van der Waals surface area contributed by atoms with Gasteiger partial charge in [-0.05, 0) is 57.4 Å². The van der Waals surface area contributed by atoms with E-state index >= 15 is 0 Å². The Morgan fingerprint density at radius 3 is 2.72 bits per heavy atom. The number of benzene rings is 1. The normalized spacial score (nSPS) is 19.2. The zero-order chi connectivity index (χ0) is 23.5. The van der Waals surface area contributed by atoms with Crippen LogP contribution < -0.4 is 10.2 Å². The lowest BCUT2D eigenvalue weighted by molar-refractivity contribution is -0.119. The van der Waals surface area contributed by atoms with E-state index in [2.05, 4.69) is 5.32 Å². The Kier molecular flexibility index (Phi) is 7.06. The van der Waals surface area contributed by atoms with Gasteiger partial charge in [0.2, 0.25) is 5.91 Å². The van der Waals surface area contributed by atoms with Crippen LogP contribution in [0, 0.1) is 5.82 Å². The second-order valence-electron chi connectivity index (χ2n) is 8.98. The fraction of sp³-hybridized carbons (Fsp3) is 0.522. The molecule has 1 saturated heterocycles. The van der Waals surface area contributed by atoms with Gasteiger partial charge in [-0.3, -0.25) is 9.69 Å². The van der Waals surface area contributed by atoms with Gasteiger partial charge in [-0.15, -0.1) is 0 Å². The fourth-order valence-corrected chi connectivity index (χ4v) is 3.64. The monoisotopic (exact) mass is 447 g/mol. The molecule has 0 unspecified atom stereocenters. The molecule has 3 rings (SSSR count). The Hall–Kier alpha value is -3.10. The first-order valence-corrected chi connectivity index (χ1v) is 10.7. The van der Waals surface area contributed by atoms with Crippen LogP contribution in [0.25, 0.3) is 5.57 Å². The van der Waals surface area contributed by atoms with Crippen LogP contribution in [0.15, 0.2) is 24.3 Å². The van der Waals surface area contributed by atoms with Crippen molar-refractivity contribution in [3.8, 4) is 0 Å². The van der Waals surface area contributed by atoms with Crippen molar-refractivity contribution in [1.29, 1.82) is 0 Å². The molecule has 0 bridgehead atoms. The molecule has 9 heteroatoms. The summed E-state index contributed by atoms with van der Waals surface area (Å²) in [7, 11) is 0. The number of halogens is 1. The summed E-state index contributed by atoms with van der Waals surface area (Å²) in [4.78, 5) is 38.5. The first-order chi connectivity index (χ1) is 15.0. The van der Waals surface area contributed by atoms with Crippen molar-refractivity contribution in [2.24, 2.45) is 0 Å². The number of nitrogens with zero attached hydrogens (tertiary/aromatic N) is 2. The second kappa shape index (κ2) is 9.58. The van der Waals surface area contributed by atoms with E-state index in [0.29, 0.717) is 37.2 Å². The maximum atomic E-state index is 15.0. The topological polar surface area (TPSA) is 88.2 Å². The van der Waals surface area contributed by atoms with Gasteiger partial charge in [-0.25, -0.2) is 14.0 Å². The van der Waals surface area contributed by atoms with E-state index in [1.54, 1.807) is 17.0 Å². The van der Waals surface area contributed by atoms with Gasteiger partial charge in [-0.2, -0.15) is 0 Å². The van der Waals surface area contributed by atoms with Crippen LogP contribution in [0.5, 0.6) is 0 Å². The summed E-state index contributed by atoms with van der Waals surface area (Å²) in [5.74, 6) is -0.658. The van der Waals surface area contributed by atoms with Crippen molar-refractivity contribution in [2.75, 3.05) is 31.1 Å². The third-order valence-electron chi connectivity index (χ3n) is 5.15. The summed E-state index contributed by atoms with van der Waals surface area (Å²) < 4.78 is 25.7. The summed E-state index contributed by atoms with van der Waals surface area (Å²) >= 11 is 0. The Balaban J connectivity index is 1.69. The number of cyclic esters (lactones) is 1. The molecular formula is C23H30FN3O5. The van der Waals surface area contributed by atoms with Gasteiger partial charge in [0, 0.05) is 25.6 Å². The van der Waals surface area contributed by atoms with Crippen LogP contribution in [0.1, 0.15) is 46.1 Å². The third-order valence-corrected chi connectivity index (χ3v) is 5.15. The van der Waals surface area contributed by atoms with E-state index in [0.717, 1.165) is 5.57 Å². The highest BCUT2D eigenvalue weighted by molar-refractivity contribution is 5.90. The van der Waals surface area contributed by atoms with Crippen molar-refractivity contribution in [3.63, 3.8) is 0 Å². The number of nitrogens with one attached hydrogen (secondary N) is 1. The molecule has 1 aromatic rings. The van der Waals surface area contributed by atoms with Crippen LogP contribution in [-0.2, 0) is 14.3 Å². The largest absolute Gasteiger partial charge is 0.444 e. The SMILES string of the molecule is CC(=O)NC[C@H]1CN(c2ccc(C3=CCN(C(=O)OC(C)(C)C)CCC3)c(F)c2)C(=O)O1. The number of hydrogen-bond acceptors (Lipinski definition) is 5. The lowest BCUT2D eigenvalue weighted by atomic mass is 10.00. The first-order valence-electron chi connectivity index (χ1n) is 10.7. The molecule has 2 heterocycles. The highest BCUT2D eigenvalue weighted by Gasteiger charge is 2.33. The zero-order valence-electron chi connectivity index (χ0n) is 18.9. The Labute approximate surface area is 187 Å². The maximum absolute atomic E-state index is 15.0. The molecule has 1 fully saturated rings. The molecule has 174 valence electrons. The van der Waals surface area contributed by atoms with Crippen molar-refractivity contribution < 1.29 is 28.2 Å². The minimum Gasteiger partial charge on any atom is -0.444 e. The molecule has 3 amide bonds. The standard InChI is InChI=1S/C23H30FN3O5/c1-15(28)25-13-18-14-27(22(30)31-18)17-7-8-19(20(24)12-17)16-6-5-10-26(11-9-16)21(29)32-23(2,3)4/h7-9,12,18H,5-6,10-11,13-14H2,1-4H3,(H,25,28)/t18-/m0/s1. The Bertz CT molecular complexity index is 925. The third kappa shape index (κ3) is 5.99. The van der Waals surface area contributed by atoms with Crippen molar-refractivity contribution in [3.05, 3.63) is 35.7 Å². The van der Waals surface area contributed by atoms with E-state index < -0.39 is 23.6 Å². The maximum Gasteiger partial charge on any atom is 0.414 e. The summed E-state index contributed by atoms with van der Waals surface area (Å²) in [5.41, 5.74) is 1.08. The van der Waals surface area contributed by atoms with Gasteiger partial charge in [0.25, 0.3) is 0 Å². The van der Waals surface area contributed by atoms with Gasteiger partial charge in [-0.1, -0.05) is 6.08 Å². The van der Waals surface area contributed by atoms with Crippen molar-refractivity contribution in [1.82, 2.24) is 10.2 Å². The van der Waals surface area contributed by atoms with Crippen molar-refractivity contribution >= 4 is 29.4 Å². The molecule has 1 N–H and O–H groups in total. The fourth-order valence-electron chi connectivity index (χ4n) is 3.64. The lowest BCUT2D eigenvalue weighted by Gasteiger charge is -2.25. The lowest BCUT2D eigenvalue weighted by Crippen LogP contribution is -2.37. The number of hydrogen-bond donors (Lipinski definition) is 1. The number of rotatable bonds is 4. The van der Waals surface area contributed by atoms with E-state index in [-0.39, 0.29) is 25.1 Å². The van der Waals surface area contributed by atoms with Gasteiger partial charge in [0.15, 0.2) is 0 Å². The van der Waals surface area contributed by atoms with Gasteiger partial charge < -0.3 is 19.7 Å². The minimum atomic E-state index is -0.575. The highest BCUT2D eigenvalue weighted by atomic mass is 19.1.